The topological polar surface area (TPSA) is 52.9 Å². The van der Waals surface area contributed by atoms with Gasteiger partial charge in [-0.2, -0.15) is 0 Å². The smallest absolute Gasteiger partial charge is 0.110 e. The molecule has 3 heterocycles. The molecule has 25 heavy (non-hydrogen) atoms. The molecule has 0 aromatic heterocycles. The number of ether oxygens (including phenoxy) is 1. The Bertz CT molecular complexity index is 741. The van der Waals surface area contributed by atoms with Gasteiger partial charge in [-0.1, -0.05) is 17.7 Å². The molecule has 4 nitrogen and oxygen atoms in total. The van der Waals surface area contributed by atoms with Crippen LogP contribution in [0.15, 0.2) is 23.3 Å². The minimum absolute atomic E-state index is 0.0711. The molecule has 0 amide bonds. The van der Waals surface area contributed by atoms with E-state index in [0.717, 1.165) is 51.1 Å². The van der Waals surface area contributed by atoms with Gasteiger partial charge in [0.2, 0.25) is 0 Å². The first kappa shape index (κ1) is 14.4. The number of nitrogens with zero attached hydrogens (tertiary/aromatic N) is 1. The van der Waals surface area contributed by atoms with Gasteiger partial charge in [0, 0.05) is 18.5 Å². The molecular formula is C21H27NO3. The zero-order valence-corrected chi connectivity index (χ0v) is 14.7. The zero-order chi connectivity index (χ0) is 16.6. The molecule has 1 saturated carbocycles. The van der Waals surface area contributed by atoms with Gasteiger partial charge in [-0.25, -0.2) is 0 Å². The first-order valence-corrected chi connectivity index (χ1v) is 10.3. The lowest BCUT2D eigenvalue weighted by Gasteiger charge is -2.62. The van der Waals surface area contributed by atoms with Crippen LogP contribution in [0.2, 0.25) is 0 Å². The van der Waals surface area contributed by atoms with E-state index in [1.165, 1.54) is 24.0 Å². The van der Waals surface area contributed by atoms with Gasteiger partial charge in [-0.05, 0) is 63.0 Å². The number of hydrogen-bond acceptors (Lipinski definition) is 4. The summed E-state index contributed by atoms with van der Waals surface area (Å²) in [4.78, 5) is 2.60. The van der Waals surface area contributed by atoms with Crippen molar-refractivity contribution in [3.8, 4) is 0 Å². The molecule has 1 spiro atoms. The van der Waals surface area contributed by atoms with Gasteiger partial charge in [0.15, 0.2) is 0 Å². The Balaban J connectivity index is 1.46. The summed E-state index contributed by atoms with van der Waals surface area (Å²) >= 11 is 0. The highest BCUT2D eigenvalue weighted by Crippen LogP contribution is 2.71. The van der Waals surface area contributed by atoms with Gasteiger partial charge in [0.25, 0.3) is 0 Å². The molecule has 4 aliphatic carbocycles. The summed E-state index contributed by atoms with van der Waals surface area (Å²) in [5, 5.41) is 23.4. The maximum absolute atomic E-state index is 12.1. The number of hydrogen-bond donors (Lipinski definition) is 2. The highest BCUT2D eigenvalue weighted by Gasteiger charge is 2.77. The van der Waals surface area contributed by atoms with Crippen molar-refractivity contribution in [2.45, 2.75) is 74.4 Å². The van der Waals surface area contributed by atoms with Crippen molar-refractivity contribution in [3.63, 3.8) is 0 Å². The maximum Gasteiger partial charge on any atom is 0.110 e. The third-order valence-electron chi connectivity index (χ3n) is 8.90. The summed E-state index contributed by atoms with van der Waals surface area (Å²) in [7, 11) is 0. The van der Waals surface area contributed by atoms with Crippen LogP contribution in [-0.4, -0.2) is 57.7 Å². The molecule has 0 radical (unpaired) electrons. The van der Waals surface area contributed by atoms with Crippen LogP contribution in [0.5, 0.6) is 0 Å². The van der Waals surface area contributed by atoms with E-state index in [9.17, 15) is 10.2 Å². The van der Waals surface area contributed by atoms with Crippen molar-refractivity contribution in [1.29, 1.82) is 0 Å². The van der Waals surface area contributed by atoms with Gasteiger partial charge in [0.05, 0.1) is 17.1 Å². The van der Waals surface area contributed by atoms with E-state index >= 15 is 0 Å². The van der Waals surface area contributed by atoms with E-state index in [4.69, 9.17) is 4.74 Å². The van der Waals surface area contributed by atoms with Gasteiger partial charge in [-0.15, -0.1) is 0 Å². The van der Waals surface area contributed by atoms with Crippen molar-refractivity contribution < 1.29 is 14.9 Å². The highest BCUT2D eigenvalue weighted by molar-refractivity contribution is 5.51. The van der Waals surface area contributed by atoms with Crippen LogP contribution in [-0.2, 0) is 4.74 Å². The summed E-state index contributed by atoms with van der Waals surface area (Å²) in [6, 6.07) is 0.201. The molecule has 3 saturated heterocycles. The first-order valence-electron chi connectivity index (χ1n) is 10.3. The lowest BCUT2D eigenvalue weighted by Crippen LogP contribution is -2.72. The molecule has 7 atom stereocenters. The monoisotopic (exact) mass is 341 g/mol. The van der Waals surface area contributed by atoms with Crippen molar-refractivity contribution in [2.75, 3.05) is 13.1 Å². The van der Waals surface area contributed by atoms with Crippen LogP contribution in [0.3, 0.4) is 0 Å². The molecule has 7 aliphatic rings. The largest absolute Gasteiger partial charge is 0.387 e. The average molecular weight is 341 g/mol. The summed E-state index contributed by atoms with van der Waals surface area (Å²) in [6.45, 7) is 2.23. The molecule has 4 fully saturated rings. The predicted molar refractivity (Wildman–Crippen MR) is 91.8 cm³/mol. The van der Waals surface area contributed by atoms with Crippen LogP contribution in [0.25, 0.3) is 0 Å². The Morgan fingerprint density at radius 1 is 1.24 bits per heavy atom. The van der Waals surface area contributed by atoms with Gasteiger partial charge in [0.1, 0.15) is 11.7 Å². The fourth-order valence-electron chi connectivity index (χ4n) is 7.69. The summed E-state index contributed by atoms with van der Waals surface area (Å²) in [5.41, 5.74) is 1.07. The number of aliphatic hydroxyl groups is 2. The molecule has 4 heteroatoms. The Kier molecular flexibility index (Phi) is 2.35. The zero-order valence-electron chi connectivity index (χ0n) is 14.7. The van der Waals surface area contributed by atoms with Crippen LogP contribution >= 0.6 is 0 Å². The van der Waals surface area contributed by atoms with Crippen LogP contribution in [0, 0.1) is 17.3 Å². The van der Waals surface area contributed by atoms with E-state index in [0.29, 0.717) is 0 Å². The standard InChI is InChI=1S/C21H27NO3/c23-19-5-3-13-9-15-21(24)6-4-14(10-19)17-20(21,16(13)18(19)25-17)7-8-22(15)11-12-1-2-12/h4,6,12,14-15,17-18,23-24H,1-3,5,7-11H2/t14-,15-,17+,18?,19?,20+,21+/m1/s1. The molecule has 0 aromatic rings. The quantitative estimate of drug-likeness (QED) is 0.752. The summed E-state index contributed by atoms with van der Waals surface area (Å²) in [6.07, 6.45) is 11.6. The molecule has 2 unspecified atom stereocenters. The molecule has 2 N–H and O–H groups in total. The third-order valence-corrected chi connectivity index (χ3v) is 8.90. The molecule has 0 aromatic carbocycles. The second-order valence-corrected chi connectivity index (χ2v) is 9.99. The van der Waals surface area contributed by atoms with E-state index in [1.807, 2.05) is 0 Å². The second-order valence-electron chi connectivity index (χ2n) is 9.99. The second kappa shape index (κ2) is 4.09. The molecule has 7 rings (SSSR count). The Morgan fingerprint density at radius 3 is 2.96 bits per heavy atom. The summed E-state index contributed by atoms with van der Waals surface area (Å²) in [5.74, 6) is 1.11. The molecule has 4 bridgehead atoms. The third kappa shape index (κ3) is 1.42. The molecular weight excluding hydrogens is 314 g/mol. The Hall–Kier alpha value is -0.680. The number of rotatable bonds is 2. The Labute approximate surface area is 148 Å². The first-order chi connectivity index (χ1) is 12.1. The van der Waals surface area contributed by atoms with E-state index in [2.05, 4.69) is 17.1 Å². The SMILES string of the molecule is OC12CCC3=C4C1O[C@H]1[C@H](C=C[C@]5(O)[C@@H](C3)N(CC3CC3)CC[C@]415)C2. The Morgan fingerprint density at radius 2 is 2.12 bits per heavy atom. The van der Waals surface area contributed by atoms with Crippen molar-refractivity contribution in [3.05, 3.63) is 23.3 Å². The van der Waals surface area contributed by atoms with Crippen LogP contribution < -0.4 is 0 Å². The highest BCUT2D eigenvalue weighted by atomic mass is 16.5. The lowest BCUT2D eigenvalue weighted by atomic mass is 9.49. The van der Waals surface area contributed by atoms with E-state index in [1.54, 1.807) is 0 Å². The van der Waals surface area contributed by atoms with Crippen molar-refractivity contribution in [1.82, 2.24) is 4.90 Å². The number of piperidine rings is 1. The predicted octanol–water partition coefficient (Wildman–Crippen LogP) is 1.77. The van der Waals surface area contributed by atoms with Gasteiger partial charge in [-0.3, -0.25) is 4.90 Å². The van der Waals surface area contributed by atoms with E-state index < -0.39 is 11.2 Å². The molecule has 134 valence electrons. The maximum atomic E-state index is 12.1. The fourth-order valence-corrected chi connectivity index (χ4v) is 7.69. The lowest BCUT2D eigenvalue weighted by molar-refractivity contribution is -0.204. The minimum Gasteiger partial charge on any atom is -0.387 e. The number of likely N-dealkylation sites (tertiary alicyclic amines) is 1. The molecule has 3 aliphatic heterocycles. The van der Waals surface area contributed by atoms with Gasteiger partial charge >= 0.3 is 0 Å². The van der Waals surface area contributed by atoms with E-state index in [-0.39, 0.29) is 29.6 Å². The van der Waals surface area contributed by atoms with Crippen molar-refractivity contribution in [2.24, 2.45) is 17.3 Å². The van der Waals surface area contributed by atoms with Crippen molar-refractivity contribution >= 4 is 0 Å². The summed E-state index contributed by atoms with van der Waals surface area (Å²) < 4.78 is 6.55. The van der Waals surface area contributed by atoms with Crippen LogP contribution in [0.1, 0.15) is 44.9 Å². The minimum atomic E-state index is -0.808. The average Bonchev–Trinajstić information content (AvgIpc) is 3.33. The van der Waals surface area contributed by atoms with Gasteiger partial charge < -0.3 is 14.9 Å². The van der Waals surface area contributed by atoms with Crippen LogP contribution in [0.4, 0.5) is 0 Å². The normalized spacial score (nSPS) is 58.2. The fraction of sp³-hybridized carbons (Fsp3) is 0.810.